The first-order valence-electron chi connectivity index (χ1n) is 9.53. The summed E-state index contributed by atoms with van der Waals surface area (Å²) >= 11 is 0. The van der Waals surface area contributed by atoms with E-state index in [0.29, 0.717) is 12.0 Å². The number of anilines is 3. The Balaban J connectivity index is 1.74. The molecule has 0 bridgehead atoms. The second kappa shape index (κ2) is 8.02. The number of amides is 2. The predicted molar refractivity (Wildman–Crippen MR) is 117 cm³/mol. The highest BCUT2D eigenvalue weighted by molar-refractivity contribution is 6.37. The summed E-state index contributed by atoms with van der Waals surface area (Å²) in [6, 6.07) is 24.9. The Morgan fingerprint density at radius 2 is 1.45 bits per heavy atom. The predicted octanol–water partition coefficient (Wildman–Crippen LogP) is 4.97. The maximum Gasteiger partial charge on any atom is 0.258 e. The van der Waals surface area contributed by atoms with E-state index in [4.69, 9.17) is 0 Å². The average molecular weight is 383 g/mol. The van der Waals surface area contributed by atoms with Gasteiger partial charge >= 0.3 is 0 Å². The first kappa shape index (κ1) is 18.5. The van der Waals surface area contributed by atoms with Crippen molar-refractivity contribution < 1.29 is 9.59 Å². The molecule has 0 aliphatic carbocycles. The summed E-state index contributed by atoms with van der Waals surface area (Å²) in [6.07, 6.45) is 0.429. The van der Waals surface area contributed by atoms with Crippen LogP contribution in [-0.2, 0) is 9.59 Å². The van der Waals surface area contributed by atoms with Gasteiger partial charge in [0.25, 0.3) is 5.91 Å². The van der Waals surface area contributed by atoms with Crippen molar-refractivity contribution in [3.63, 3.8) is 0 Å². The number of carbonyl (C=O) groups is 2. The van der Waals surface area contributed by atoms with Crippen LogP contribution >= 0.6 is 0 Å². The van der Waals surface area contributed by atoms with Crippen LogP contribution in [0.25, 0.3) is 11.3 Å². The van der Waals surface area contributed by atoms with Crippen molar-refractivity contribution in [2.24, 2.45) is 0 Å². The average Bonchev–Trinajstić information content (AvgIpc) is 3.09. The Kier molecular flexibility index (Phi) is 5.12. The summed E-state index contributed by atoms with van der Waals surface area (Å²) in [4.78, 5) is 24.4. The van der Waals surface area contributed by atoms with Crippen molar-refractivity contribution in [1.82, 2.24) is 0 Å². The number of fused-ring (bicyclic) bond motifs is 1. The summed E-state index contributed by atoms with van der Waals surface area (Å²) in [5.74, 6) is -0.165. The third kappa shape index (κ3) is 3.89. The molecule has 0 unspecified atom stereocenters. The molecule has 0 saturated heterocycles. The van der Waals surface area contributed by atoms with E-state index in [1.165, 1.54) is 0 Å². The van der Waals surface area contributed by atoms with Gasteiger partial charge in [0.15, 0.2) is 0 Å². The van der Waals surface area contributed by atoms with Crippen LogP contribution in [-0.4, -0.2) is 11.8 Å². The Hall–Kier alpha value is -3.86. The molecule has 0 saturated carbocycles. The summed E-state index contributed by atoms with van der Waals surface area (Å²) in [7, 11) is 0. The van der Waals surface area contributed by atoms with Crippen LogP contribution in [0, 0.1) is 0 Å². The molecular formula is C24H21N3O2. The van der Waals surface area contributed by atoms with Crippen molar-refractivity contribution in [3.05, 3.63) is 90.0 Å². The van der Waals surface area contributed by atoms with Crippen LogP contribution in [0.5, 0.6) is 0 Å². The first-order chi connectivity index (χ1) is 14.2. The lowest BCUT2D eigenvalue weighted by Gasteiger charge is -2.15. The van der Waals surface area contributed by atoms with Crippen LogP contribution in [0.1, 0.15) is 24.5 Å². The van der Waals surface area contributed by atoms with Crippen LogP contribution in [0.3, 0.4) is 0 Å². The van der Waals surface area contributed by atoms with Gasteiger partial charge in [-0.05, 0) is 35.9 Å². The summed E-state index contributed by atoms with van der Waals surface area (Å²) in [5.41, 5.74) is 5.49. The van der Waals surface area contributed by atoms with Crippen molar-refractivity contribution in [1.29, 1.82) is 0 Å². The summed E-state index contributed by atoms with van der Waals surface area (Å²) in [6.45, 7) is 1.81. The fourth-order valence-corrected chi connectivity index (χ4v) is 3.28. The third-order valence-corrected chi connectivity index (χ3v) is 4.74. The highest BCUT2D eigenvalue weighted by Gasteiger charge is 2.27. The van der Waals surface area contributed by atoms with Gasteiger partial charge in [0.1, 0.15) is 0 Å². The smallest absolute Gasteiger partial charge is 0.258 e. The SMILES string of the molecule is CCC(=O)Nc1ccc(N/C(=C2\C(=O)Nc3ccccc32)c2ccccc2)cc1. The number of benzene rings is 3. The minimum atomic E-state index is -0.135. The van der Waals surface area contributed by atoms with Gasteiger partial charge in [-0.3, -0.25) is 9.59 Å². The molecule has 0 fully saturated rings. The zero-order valence-corrected chi connectivity index (χ0v) is 16.0. The van der Waals surface area contributed by atoms with Gasteiger partial charge in [0.2, 0.25) is 5.91 Å². The van der Waals surface area contributed by atoms with Crippen molar-refractivity contribution in [2.45, 2.75) is 13.3 Å². The minimum Gasteiger partial charge on any atom is -0.354 e. The van der Waals surface area contributed by atoms with Crippen LogP contribution in [0.4, 0.5) is 17.1 Å². The Bertz CT molecular complexity index is 1090. The fraction of sp³-hybridized carbons (Fsp3) is 0.0833. The Morgan fingerprint density at radius 3 is 2.14 bits per heavy atom. The lowest BCUT2D eigenvalue weighted by atomic mass is 10.00. The highest BCUT2D eigenvalue weighted by Crippen LogP contribution is 2.37. The van der Waals surface area contributed by atoms with E-state index in [-0.39, 0.29) is 11.8 Å². The molecule has 0 aromatic heterocycles. The maximum atomic E-state index is 12.8. The molecule has 4 rings (SSSR count). The van der Waals surface area contributed by atoms with E-state index in [9.17, 15) is 9.59 Å². The van der Waals surface area contributed by atoms with E-state index < -0.39 is 0 Å². The molecule has 1 heterocycles. The standard InChI is InChI=1S/C24H21N3O2/c1-2-21(28)25-17-12-14-18(15-13-17)26-23(16-8-4-3-5-9-16)22-19-10-6-7-11-20(19)27-24(22)29/h3-15,26H,2H2,1H3,(H,25,28)(H,27,29)/b23-22-. The van der Waals surface area contributed by atoms with E-state index in [1.54, 1.807) is 0 Å². The Labute approximate surface area is 169 Å². The second-order valence-electron chi connectivity index (χ2n) is 6.72. The molecular weight excluding hydrogens is 362 g/mol. The van der Waals surface area contributed by atoms with E-state index in [1.807, 2.05) is 85.8 Å². The maximum absolute atomic E-state index is 12.8. The van der Waals surface area contributed by atoms with E-state index >= 15 is 0 Å². The number of carbonyl (C=O) groups excluding carboxylic acids is 2. The van der Waals surface area contributed by atoms with Gasteiger partial charge in [0.05, 0.1) is 11.3 Å². The van der Waals surface area contributed by atoms with E-state index in [2.05, 4.69) is 16.0 Å². The largest absolute Gasteiger partial charge is 0.354 e. The molecule has 3 aromatic carbocycles. The lowest BCUT2D eigenvalue weighted by molar-refractivity contribution is -0.116. The molecule has 5 heteroatoms. The van der Waals surface area contributed by atoms with E-state index in [0.717, 1.165) is 33.9 Å². The zero-order chi connectivity index (χ0) is 20.2. The molecule has 1 aliphatic heterocycles. The molecule has 5 nitrogen and oxygen atoms in total. The van der Waals surface area contributed by atoms with Crippen LogP contribution in [0.15, 0.2) is 78.9 Å². The van der Waals surface area contributed by atoms with Crippen molar-refractivity contribution in [3.8, 4) is 0 Å². The van der Waals surface area contributed by atoms with Crippen LogP contribution in [0.2, 0.25) is 0 Å². The van der Waals surface area contributed by atoms with Gasteiger partial charge in [-0.25, -0.2) is 0 Å². The van der Waals surface area contributed by atoms with Crippen LogP contribution < -0.4 is 16.0 Å². The molecule has 0 spiro atoms. The first-order valence-corrected chi connectivity index (χ1v) is 9.53. The molecule has 0 atom stereocenters. The normalized spacial score (nSPS) is 14.0. The molecule has 29 heavy (non-hydrogen) atoms. The molecule has 144 valence electrons. The molecule has 0 radical (unpaired) electrons. The molecule has 3 aromatic rings. The lowest BCUT2D eigenvalue weighted by Crippen LogP contribution is -2.11. The van der Waals surface area contributed by atoms with Crippen molar-refractivity contribution in [2.75, 3.05) is 16.0 Å². The molecule has 1 aliphatic rings. The van der Waals surface area contributed by atoms with Gasteiger partial charge in [-0.2, -0.15) is 0 Å². The van der Waals surface area contributed by atoms with Crippen molar-refractivity contribution >= 4 is 40.1 Å². The fourth-order valence-electron chi connectivity index (χ4n) is 3.28. The van der Waals surface area contributed by atoms with Gasteiger partial charge in [-0.15, -0.1) is 0 Å². The quantitative estimate of drug-likeness (QED) is 0.545. The monoisotopic (exact) mass is 383 g/mol. The number of hydrogen-bond donors (Lipinski definition) is 3. The number of nitrogens with one attached hydrogen (secondary N) is 3. The van der Waals surface area contributed by atoms with Gasteiger partial charge in [0, 0.05) is 29.0 Å². The number of hydrogen-bond acceptors (Lipinski definition) is 3. The summed E-state index contributed by atoms with van der Waals surface area (Å²) < 4.78 is 0. The zero-order valence-electron chi connectivity index (χ0n) is 16.0. The topological polar surface area (TPSA) is 70.2 Å². The Morgan fingerprint density at radius 1 is 0.828 bits per heavy atom. The highest BCUT2D eigenvalue weighted by atomic mass is 16.2. The number of rotatable bonds is 5. The minimum absolute atomic E-state index is 0.0305. The summed E-state index contributed by atoms with van der Waals surface area (Å²) in [5, 5.41) is 9.18. The molecule has 2 amide bonds. The van der Waals surface area contributed by atoms with Gasteiger partial charge in [-0.1, -0.05) is 55.5 Å². The third-order valence-electron chi connectivity index (χ3n) is 4.74. The molecule has 3 N–H and O–H groups in total. The van der Waals surface area contributed by atoms with Gasteiger partial charge < -0.3 is 16.0 Å². The number of para-hydroxylation sites is 1. The second-order valence-corrected chi connectivity index (χ2v) is 6.72.